The van der Waals surface area contributed by atoms with Crippen LogP contribution in [-0.4, -0.2) is 43.6 Å². The molecule has 0 N–H and O–H groups in total. The molecule has 0 spiro atoms. The number of aromatic nitrogens is 4. The summed E-state index contributed by atoms with van der Waals surface area (Å²) in [6.45, 7) is 7.88. The lowest BCUT2D eigenvalue weighted by atomic mass is 10.3. The van der Waals surface area contributed by atoms with Crippen LogP contribution < -0.4 is 0 Å². The summed E-state index contributed by atoms with van der Waals surface area (Å²) in [5, 5.41) is 0. The fraction of sp³-hybridized carbons (Fsp3) is 0.600. The third-order valence-electron chi connectivity index (χ3n) is 3.44. The average Bonchev–Trinajstić information content (AvgIpc) is 3.11. The lowest BCUT2D eigenvalue weighted by Gasteiger charge is -2.21. The summed E-state index contributed by atoms with van der Waals surface area (Å²) in [5.74, 6) is 0. The molecule has 0 amide bonds. The minimum Gasteiger partial charge on any atom is -0.337 e. The van der Waals surface area contributed by atoms with Crippen molar-refractivity contribution in [3.63, 3.8) is 0 Å². The van der Waals surface area contributed by atoms with Gasteiger partial charge in [-0.25, -0.2) is 9.97 Å². The van der Waals surface area contributed by atoms with E-state index in [-0.39, 0.29) is 0 Å². The maximum absolute atomic E-state index is 4.08. The van der Waals surface area contributed by atoms with Gasteiger partial charge >= 0.3 is 0 Å². The van der Waals surface area contributed by atoms with Crippen molar-refractivity contribution in [3.05, 3.63) is 37.4 Å². The second-order valence-corrected chi connectivity index (χ2v) is 5.15. The maximum atomic E-state index is 4.08. The summed E-state index contributed by atoms with van der Waals surface area (Å²) in [7, 11) is 0. The fourth-order valence-corrected chi connectivity index (χ4v) is 2.44. The summed E-state index contributed by atoms with van der Waals surface area (Å²) >= 11 is 0. The molecular weight excluding hydrogens is 250 g/mol. The number of hydrogen-bond donors (Lipinski definition) is 0. The number of aryl methyl sites for hydroxylation is 2. The Labute approximate surface area is 121 Å². The van der Waals surface area contributed by atoms with Gasteiger partial charge in [0, 0.05) is 37.9 Å². The normalized spacial score (nSPS) is 11.3. The number of rotatable bonds is 10. The van der Waals surface area contributed by atoms with Crippen LogP contribution in [0.15, 0.2) is 37.4 Å². The standard InChI is InChI=1S/C15H25N5/c1-2-7-18(8-3-10-19-12-5-16-14-19)9-4-11-20-13-6-17-15-20/h5-6,12-15H,2-4,7-11H2,1H3. The van der Waals surface area contributed by atoms with Crippen molar-refractivity contribution in [2.75, 3.05) is 19.6 Å². The van der Waals surface area contributed by atoms with E-state index in [1.807, 2.05) is 37.4 Å². The molecule has 110 valence electrons. The van der Waals surface area contributed by atoms with Crippen molar-refractivity contribution in [1.29, 1.82) is 0 Å². The fourth-order valence-electron chi connectivity index (χ4n) is 2.44. The molecule has 0 aliphatic rings. The first-order valence-electron chi connectivity index (χ1n) is 7.52. The van der Waals surface area contributed by atoms with E-state index in [9.17, 15) is 0 Å². The van der Waals surface area contributed by atoms with Crippen LogP contribution in [0.4, 0.5) is 0 Å². The predicted octanol–water partition coefficient (Wildman–Crippen LogP) is 2.27. The summed E-state index contributed by atoms with van der Waals surface area (Å²) < 4.78 is 4.30. The summed E-state index contributed by atoms with van der Waals surface area (Å²) in [6, 6.07) is 0. The van der Waals surface area contributed by atoms with Gasteiger partial charge in [-0.2, -0.15) is 0 Å². The van der Waals surface area contributed by atoms with Crippen LogP contribution in [0.3, 0.4) is 0 Å². The second kappa shape index (κ2) is 8.53. The Bertz CT molecular complexity index is 395. The molecule has 2 aromatic rings. The Morgan fingerprint density at radius 1 is 0.850 bits per heavy atom. The number of hydrogen-bond acceptors (Lipinski definition) is 3. The molecule has 0 fully saturated rings. The van der Waals surface area contributed by atoms with E-state index in [2.05, 4.69) is 30.9 Å². The molecule has 5 nitrogen and oxygen atoms in total. The van der Waals surface area contributed by atoms with Crippen molar-refractivity contribution in [2.24, 2.45) is 0 Å². The van der Waals surface area contributed by atoms with E-state index in [0.717, 1.165) is 26.2 Å². The summed E-state index contributed by atoms with van der Waals surface area (Å²) in [5.41, 5.74) is 0. The van der Waals surface area contributed by atoms with Gasteiger partial charge in [-0.05, 0) is 38.9 Å². The molecule has 0 radical (unpaired) electrons. The molecule has 0 aliphatic heterocycles. The largest absolute Gasteiger partial charge is 0.337 e. The first-order chi connectivity index (χ1) is 9.88. The molecule has 0 bridgehead atoms. The van der Waals surface area contributed by atoms with E-state index >= 15 is 0 Å². The molecule has 0 unspecified atom stereocenters. The van der Waals surface area contributed by atoms with E-state index in [1.54, 1.807) is 0 Å². The van der Waals surface area contributed by atoms with Gasteiger partial charge in [0.05, 0.1) is 12.7 Å². The molecule has 0 saturated heterocycles. The van der Waals surface area contributed by atoms with Crippen molar-refractivity contribution in [3.8, 4) is 0 Å². The van der Waals surface area contributed by atoms with Crippen molar-refractivity contribution >= 4 is 0 Å². The van der Waals surface area contributed by atoms with Crippen LogP contribution in [0, 0.1) is 0 Å². The summed E-state index contributed by atoms with van der Waals surface area (Å²) in [4.78, 5) is 10.7. The Hall–Kier alpha value is -1.62. The number of imidazole rings is 2. The van der Waals surface area contributed by atoms with Crippen LogP contribution in [0.1, 0.15) is 26.2 Å². The SMILES string of the molecule is CCCN(CCCn1ccnc1)CCCn1ccnc1. The van der Waals surface area contributed by atoms with Crippen LogP contribution in [0.25, 0.3) is 0 Å². The lowest BCUT2D eigenvalue weighted by Crippen LogP contribution is -2.28. The predicted molar refractivity (Wildman–Crippen MR) is 80.4 cm³/mol. The van der Waals surface area contributed by atoms with E-state index < -0.39 is 0 Å². The topological polar surface area (TPSA) is 38.9 Å². The van der Waals surface area contributed by atoms with Crippen LogP contribution in [0.5, 0.6) is 0 Å². The van der Waals surface area contributed by atoms with Gasteiger partial charge in [0.2, 0.25) is 0 Å². The third kappa shape index (κ3) is 5.17. The highest BCUT2D eigenvalue weighted by molar-refractivity contribution is 4.75. The quantitative estimate of drug-likeness (QED) is 0.667. The van der Waals surface area contributed by atoms with Crippen molar-refractivity contribution in [1.82, 2.24) is 24.0 Å². The molecule has 0 atom stereocenters. The Morgan fingerprint density at radius 3 is 1.80 bits per heavy atom. The third-order valence-corrected chi connectivity index (χ3v) is 3.44. The van der Waals surface area contributed by atoms with Crippen molar-refractivity contribution in [2.45, 2.75) is 39.3 Å². The molecule has 2 heterocycles. The highest BCUT2D eigenvalue weighted by atomic mass is 15.1. The Morgan fingerprint density at radius 2 is 1.40 bits per heavy atom. The molecule has 2 rings (SSSR count). The zero-order valence-electron chi connectivity index (χ0n) is 12.4. The van der Waals surface area contributed by atoms with Gasteiger partial charge in [-0.3, -0.25) is 0 Å². The van der Waals surface area contributed by atoms with Crippen LogP contribution >= 0.6 is 0 Å². The molecule has 0 aromatic carbocycles. The first-order valence-corrected chi connectivity index (χ1v) is 7.52. The second-order valence-electron chi connectivity index (χ2n) is 5.15. The van der Waals surface area contributed by atoms with Gasteiger partial charge in [-0.1, -0.05) is 6.92 Å². The minimum atomic E-state index is 1.06. The van der Waals surface area contributed by atoms with Gasteiger partial charge in [0.25, 0.3) is 0 Å². The van der Waals surface area contributed by atoms with Gasteiger partial charge in [0.15, 0.2) is 0 Å². The molecular formula is C15H25N5. The zero-order chi connectivity index (χ0) is 14.0. The molecule has 0 aliphatic carbocycles. The minimum absolute atomic E-state index is 1.06. The molecule has 0 saturated carbocycles. The van der Waals surface area contributed by atoms with E-state index in [4.69, 9.17) is 0 Å². The van der Waals surface area contributed by atoms with E-state index in [1.165, 1.54) is 25.8 Å². The Kier molecular flexibility index (Phi) is 6.31. The first kappa shape index (κ1) is 14.8. The van der Waals surface area contributed by atoms with Crippen molar-refractivity contribution < 1.29 is 0 Å². The monoisotopic (exact) mass is 275 g/mol. The summed E-state index contributed by atoms with van der Waals surface area (Å²) in [6.07, 6.45) is 15.1. The van der Waals surface area contributed by atoms with Gasteiger partial charge in [-0.15, -0.1) is 0 Å². The highest BCUT2D eigenvalue weighted by Crippen LogP contribution is 2.00. The number of nitrogens with zero attached hydrogens (tertiary/aromatic N) is 5. The van der Waals surface area contributed by atoms with Gasteiger partial charge in [0.1, 0.15) is 0 Å². The molecule has 5 heteroatoms. The van der Waals surface area contributed by atoms with Gasteiger partial charge < -0.3 is 14.0 Å². The Balaban J connectivity index is 1.64. The molecule has 2 aromatic heterocycles. The van der Waals surface area contributed by atoms with Crippen LogP contribution in [0.2, 0.25) is 0 Å². The molecule has 20 heavy (non-hydrogen) atoms. The zero-order valence-corrected chi connectivity index (χ0v) is 12.4. The maximum Gasteiger partial charge on any atom is 0.0945 e. The lowest BCUT2D eigenvalue weighted by molar-refractivity contribution is 0.257. The van der Waals surface area contributed by atoms with E-state index in [0.29, 0.717) is 0 Å². The smallest absolute Gasteiger partial charge is 0.0945 e. The average molecular weight is 275 g/mol. The highest BCUT2D eigenvalue weighted by Gasteiger charge is 2.03. The van der Waals surface area contributed by atoms with Crippen LogP contribution in [-0.2, 0) is 13.1 Å².